The Morgan fingerprint density at radius 2 is 1.04 bits per heavy atom. The Bertz CT molecular complexity index is 574. The van der Waals surface area contributed by atoms with Crippen molar-refractivity contribution in [2.75, 3.05) is 40.3 Å². The van der Waals surface area contributed by atoms with Crippen molar-refractivity contribution in [3.05, 3.63) is 22.0 Å². The smallest absolute Gasteiger partial charge is 0.116 e. The van der Waals surface area contributed by atoms with Crippen LogP contribution in [0.25, 0.3) is 0 Å². The molecule has 4 unspecified atom stereocenters. The van der Waals surface area contributed by atoms with Gasteiger partial charge in [-0.2, -0.15) is 0 Å². The second-order valence-electron chi connectivity index (χ2n) is 7.64. The molecule has 0 spiro atoms. The average Bonchev–Trinajstić information content (AvgIpc) is 3.30. The van der Waals surface area contributed by atoms with E-state index < -0.39 is 0 Å². The summed E-state index contributed by atoms with van der Waals surface area (Å²) in [4.78, 5) is 16.6. The van der Waals surface area contributed by atoms with Crippen LogP contribution in [0.1, 0.15) is 27.7 Å². The summed E-state index contributed by atoms with van der Waals surface area (Å²) in [5.74, 6) is 0. The van der Waals surface area contributed by atoms with E-state index in [2.05, 4.69) is 73.7 Å². The molecule has 0 amide bonds. The van der Waals surface area contributed by atoms with Crippen LogP contribution in [-0.4, -0.2) is 81.4 Å². The van der Waals surface area contributed by atoms with Crippen molar-refractivity contribution in [2.24, 2.45) is 9.98 Å². The van der Waals surface area contributed by atoms with Crippen LogP contribution in [0, 0.1) is 0 Å². The van der Waals surface area contributed by atoms with Gasteiger partial charge in [0, 0.05) is 26.2 Å². The van der Waals surface area contributed by atoms with Gasteiger partial charge in [-0.05, 0) is 51.6 Å². The number of nitrogens with zero attached hydrogens (tertiary/aromatic N) is 4. The van der Waals surface area contributed by atoms with E-state index in [0.29, 0.717) is 21.2 Å². The van der Waals surface area contributed by atoms with Crippen LogP contribution in [0.5, 0.6) is 0 Å². The topological polar surface area (TPSA) is 31.2 Å². The molecule has 0 aromatic carbocycles. The molecular weight excluding hydrogens is 425 g/mol. The van der Waals surface area contributed by atoms with Gasteiger partial charge in [0.2, 0.25) is 0 Å². The first-order valence-electron chi connectivity index (χ1n) is 9.79. The first-order valence-corrected chi connectivity index (χ1v) is 13.3. The fraction of sp³-hybridized carbons (Fsp3) is 0.700. The molecule has 0 radical (unpaired) electrons. The van der Waals surface area contributed by atoms with Crippen LogP contribution >= 0.6 is 47.0 Å². The molecule has 4 atom stereocenters. The van der Waals surface area contributed by atoms with E-state index in [0.717, 1.165) is 0 Å². The molecule has 8 heteroatoms. The maximum atomic E-state index is 4.49. The second-order valence-corrected chi connectivity index (χ2v) is 13.1. The highest BCUT2D eigenvalue weighted by Crippen LogP contribution is 2.44. The molecule has 5 aliphatic rings. The fourth-order valence-electron chi connectivity index (χ4n) is 3.32. The van der Waals surface area contributed by atoms with Crippen LogP contribution in [0.4, 0.5) is 0 Å². The van der Waals surface area contributed by atoms with Crippen molar-refractivity contribution in [3.63, 3.8) is 0 Å². The number of aliphatic imine (C=N–C) groups is 2. The number of allylic oxidation sites excluding steroid dienone is 2. The lowest BCUT2D eigenvalue weighted by Crippen LogP contribution is -2.42. The van der Waals surface area contributed by atoms with Crippen molar-refractivity contribution in [1.82, 2.24) is 9.80 Å². The summed E-state index contributed by atoms with van der Waals surface area (Å²) >= 11 is 7.57. The Balaban J connectivity index is 0.000000122. The lowest BCUT2D eigenvalue weighted by Gasteiger charge is -2.28. The minimum absolute atomic E-state index is 0.505. The number of hydrogen-bond acceptors (Lipinski definition) is 8. The molecule has 0 aromatic heterocycles. The summed E-state index contributed by atoms with van der Waals surface area (Å²) in [5.41, 5.74) is 0. The molecule has 0 saturated carbocycles. The molecule has 5 heterocycles. The zero-order chi connectivity index (χ0) is 20.3. The van der Waals surface area contributed by atoms with Gasteiger partial charge < -0.3 is 9.80 Å². The van der Waals surface area contributed by atoms with Crippen LogP contribution < -0.4 is 0 Å². The number of hydrogen-bond donors (Lipinski definition) is 0. The molecule has 0 N–H and O–H groups in total. The average molecular weight is 457 g/mol. The summed E-state index contributed by atoms with van der Waals surface area (Å²) in [7, 11) is 4.35. The molecule has 1 saturated heterocycles. The fourth-order valence-corrected chi connectivity index (χ4v) is 8.39. The highest BCUT2D eigenvalue weighted by molar-refractivity contribution is 8.17. The Labute approximate surface area is 187 Å². The van der Waals surface area contributed by atoms with Gasteiger partial charge in [0.1, 0.15) is 10.7 Å². The molecule has 0 aromatic rings. The zero-order valence-electron chi connectivity index (χ0n) is 17.7. The lowest BCUT2D eigenvalue weighted by atomic mass is 10.4. The maximum Gasteiger partial charge on any atom is 0.116 e. The standard InChI is InChI=1S/2C7H9NS2.C6H14N2/c2*1-4-3-6-7(9-4)8-5(2)10-6;1-7-3-5-8(2)6-4-7/h2*3,6-7H,1-2H3;3-6H2,1-2H3. The summed E-state index contributed by atoms with van der Waals surface area (Å²) < 4.78 is 0. The highest BCUT2D eigenvalue weighted by atomic mass is 32.2. The van der Waals surface area contributed by atoms with Gasteiger partial charge in [0.15, 0.2) is 0 Å². The first kappa shape index (κ1) is 22.8. The van der Waals surface area contributed by atoms with Gasteiger partial charge >= 0.3 is 0 Å². The van der Waals surface area contributed by atoms with Gasteiger partial charge in [-0.3, -0.25) is 9.98 Å². The van der Waals surface area contributed by atoms with E-state index in [9.17, 15) is 0 Å². The molecule has 0 aliphatic carbocycles. The Hall–Kier alpha value is 0.140. The minimum atomic E-state index is 0.505. The van der Waals surface area contributed by atoms with E-state index in [1.165, 1.54) is 46.1 Å². The van der Waals surface area contributed by atoms with Crippen LogP contribution in [0.3, 0.4) is 0 Å². The first-order chi connectivity index (χ1) is 13.3. The third-order valence-electron chi connectivity index (χ3n) is 4.93. The number of likely N-dealkylation sites (N-methyl/N-ethyl adjacent to an activating group) is 2. The molecule has 28 heavy (non-hydrogen) atoms. The van der Waals surface area contributed by atoms with Crippen LogP contribution in [0.15, 0.2) is 31.9 Å². The normalized spacial score (nSPS) is 34.2. The number of piperazine rings is 1. The summed E-state index contributed by atoms with van der Waals surface area (Å²) in [5, 5.41) is 4.78. The van der Waals surface area contributed by atoms with Crippen molar-refractivity contribution in [2.45, 2.75) is 48.9 Å². The number of fused-ring (bicyclic) bond motifs is 2. The van der Waals surface area contributed by atoms with Gasteiger partial charge in [-0.1, -0.05) is 12.2 Å². The molecule has 4 nitrogen and oxygen atoms in total. The third-order valence-corrected chi connectivity index (χ3v) is 9.80. The van der Waals surface area contributed by atoms with Crippen molar-refractivity contribution < 1.29 is 0 Å². The highest BCUT2D eigenvalue weighted by Gasteiger charge is 2.32. The van der Waals surface area contributed by atoms with Gasteiger partial charge in [-0.15, -0.1) is 47.0 Å². The number of thioether (sulfide) groups is 4. The third kappa shape index (κ3) is 6.57. The maximum absolute atomic E-state index is 4.49. The predicted octanol–water partition coefficient (Wildman–Crippen LogP) is 4.86. The molecule has 5 rings (SSSR count). The monoisotopic (exact) mass is 456 g/mol. The Morgan fingerprint density at radius 3 is 1.36 bits per heavy atom. The van der Waals surface area contributed by atoms with E-state index in [4.69, 9.17) is 0 Å². The SMILES string of the molecule is CC1=CC2SC(C)=NC2S1.CC1=CC2SC(C)=NC2S1.CN1CCN(C)CC1. The molecular formula is C20H32N4S4. The van der Waals surface area contributed by atoms with Crippen molar-refractivity contribution in [3.8, 4) is 0 Å². The van der Waals surface area contributed by atoms with Gasteiger partial charge in [0.05, 0.1) is 20.6 Å². The Morgan fingerprint density at radius 1 is 0.679 bits per heavy atom. The minimum Gasteiger partial charge on any atom is -0.304 e. The summed E-state index contributed by atoms with van der Waals surface area (Å²) in [6.07, 6.45) is 4.64. The van der Waals surface area contributed by atoms with Gasteiger partial charge in [0.25, 0.3) is 0 Å². The molecule has 5 aliphatic heterocycles. The largest absolute Gasteiger partial charge is 0.304 e. The Kier molecular flexibility index (Phi) is 8.51. The lowest BCUT2D eigenvalue weighted by molar-refractivity contribution is 0.181. The molecule has 156 valence electrons. The van der Waals surface area contributed by atoms with E-state index >= 15 is 0 Å². The zero-order valence-corrected chi connectivity index (χ0v) is 21.0. The van der Waals surface area contributed by atoms with Crippen LogP contribution in [0.2, 0.25) is 0 Å². The molecule has 1 fully saturated rings. The van der Waals surface area contributed by atoms with Crippen LogP contribution in [-0.2, 0) is 0 Å². The summed E-state index contributed by atoms with van der Waals surface area (Å²) in [6.45, 7) is 13.4. The van der Waals surface area contributed by atoms with E-state index in [-0.39, 0.29) is 0 Å². The predicted molar refractivity (Wildman–Crippen MR) is 134 cm³/mol. The van der Waals surface area contributed by atoms with E-state index in [1.807, 2.05) is 47.0 Å². The number of rotatable bonds is 0. The molecule has 0 bridgehead atoms. The van der Waals surface area contributed by atoms with Crippen molar-refractivity contribution in [1.29, 1.82) is 0 Å². The van der Waals surface area contributed by atoms with Gasteiger partial charge in [-0.25, -0.2) is 0 Å². The van der Waals surface area contributed by atoms with E-state index in [1.54, 1.807) is 0 Å². The summed E-state index contributed by atoms with van der Waals surface area (Å²) in [6, 6.07) is 0. The van der Waals surface area contributed by atoms with Crippen molar-refractivity contribution >= 4 is 57.1 Å². The quantitative estimate of drug-likeness (QED) is 0.517. The second kappa shape index (κ2) is 10.4.